The van der Waals surface area contributed by atoms with Gasteiger partial charge in [0.2, 0.25) is 0 Å². The maximum Gasteiger partial charge on any atom is 0.155 e. The van der Waals surface area contributed by atoms with Crippen LogP contribution < -0.4 is 11.5 Å². The van der Waals surface area contributed by atoms with Gasteiger partial charge in [-0.15, -0.1) is 0 Å². The van der Waals surface area contributed by atoms with Crippen LogP contribution in [0.15, 0.2) is 18.3 Å². The van der Waals surface area contributed by atoms with E-state index >= 15 is 0 Å². The molecule has 0 bridgehead atoms. The molecule has 3 rings (SSSR count). The van der Waals surface area contributed by atoms with Crippen molar-refractivity contribution in [1.82, 2.24) is 14.6 Å². The molecule has 0 aromatic carbocycles. The van der Waals surface area contributed by atoms with Gasteiger partial charge in [0.1, 0.15) is 0 Å². The van der Waals surface area contributed by atoms with E-state index in [1.165, 1.54) is 0 Å². The second-order valence-corrected chi connectivity index (χ2v) is 6.34. The zero-order valence-corrected chi connectivity index (χ0v) is 12.9. The molecule has 2 heterocycles. The molecule has 5 heteroatoms. The van der Waals surface area contributed by atoms with Crippen molar-refractivity contribution < 1.29 is 0 Å². The summed E-state index contributed by atoms with van der Waals surface area (Å²) in [5.74, 6) is 0.474. The van der Waals surface area contributed by atoms with Gasteiger partial charge in [-0.25, -0.2) is 9.50 Å². The van der Waals surface area contributed by atoms with E-state index in [-0.39, 0.29) is 11.6 Å². The van der Waals surface area contributed by atoms with Crippen LogP contribution in [0.5, 0.6) is 0 Å². The van der Waals surface area contributed by atoms with Crippen LogP contribution in [0, 0.1) is 0 Å². The number of nitrogens with zero attached hydrogens (tertiary/aromatic N) is 3. The van der Waals surface area contributed by atoms with Gasteiger partial charge in [-0.2, -0.15) is 5.10 Å². The zero-order chi connectivity index (χ0) is 15.0. The number of hydrogen-bond donors (Lipinski definition) is 2. The van der Waals surface area contributed by atoms with Gasteiger partial charge in [-0.1, -0.05) is 13.8 Å². The van der Waals surface area contributed by atoms with Crippen molar-refractivity contribution in [3.8, 4) is 0 Å². The van der Waals surface area contributed by atoms with Gasteiger partial charge < -0.3 is 11.5 Å². The lowest BCUT2D eigenvalue weighted by molar-refractivity contribution is 0.426. The van der Waals surface area contributed by atoms with Crippen LogP contribution in [0.4, 0.5) is 0 Å². The van der Waals surface area contributed by atoms with Gasteiger partial charge in [0.25, 0.3) is 0 Å². The molecule has 4 N–H and O–H groups in total. The lowest BCUT2D eigenvalue weighted by Gasteiger charge is -2.26. The number of fused-ring (bicyclic) bond motifs is 1. The lowest BCUT2D eigenvalue weighted by atomic mass is 9.91. The Labute approximate surface area is 125 Å². The van der Waals surface area contributed by atoms with E-state index in [0.717, 1.165) is 49.1 Å². The summed E-state index contributed by atoms with van der Waals surface area (Å²) in [7, 11) is 0. The van der Waals surface area contributed by atoms with Crippen LogP contribution in [0.2, 0.25) is 0 Å². The predicted octanol–water partition coefficient (Wildman–Crippen LogP) is 2.30. The molecule has 0 aliphatic heterocycles. The van der Waals surface area contributed by atoms with Gasteiger partial charge in [-0.05, 0) is 38.2 Å². The summed E-state index contributed by atoms with van der Waals surface area (Å²) < 4.78 is 1.89. The molecule has 0 radical (unpaired) electrons. The molecule has 2 unspecified atom stereocenters. The molecule has 1 aliphatic rings. The highest BCUT2D eigenvalue weighted by Gasteiger charge is 2.38. The van der Waals surface area contributed by atoms with Gasteiger partial charge in [-0.3, -0.25) is 0 Å². The van der Waals surface area contributed by atoms with Crippen molar-refractivity contribution in [3.63, 3.8) is 0 Å². The molecule has 1 aliphatic carbocycles. The zero-order valence-electron chi connectivity index (χ0n) is 12.9. The van der Waals surface area contributed by atoms with E-state index in [2.05, 4.69) is 25.0 Å². The Hall–Kier alpha value is -1.46. The molecular formula is C16H25N5. The Morgan fingerprint density at radius 3 is 2.81 bits per heavy atom. The molecule has 114 valence electrons. The average molecular weight is 287 g/mol. The van der Waals surface area contributed by atoms with Crippen molar-refractivity contribution in [2.75, 3.05) is 0 Å². The van der Waals surface area contributed by atoms with Crippen molar-refractivity contribution in [1.29, 1.82) is 0 Å². The third-order valence-corrected chi connectivity index (χ3v) is 4.88. The number of rotatable bonds is 4. The SMILES string of the molecule is CCC(CC)c1cc(C2(N)CCC(N)C2)n2nccc2n1. The Morgan fingerprint density at radius 1 is 1.43 bits per heavy atom. The molecule has 21 heavy (non-hydrogen) atoms. The monoisotopic (exact) mass is 287 g/mol. The average Bonchev–Trinajstić information content (AvgIpc) is 3.06. The van der Waals surface area contributed by atoms with Crippen molar-refractivity contribution in [2.24, 2.45) is 11.5 Å². The first-order chi connectivity index (χ1) is 10.1. The summed E-state index contributed by atoms with van der Waals surface area (Å²) in [5, 5.41) is 4.42. The van der Waals surface area contributed by atoms with Gasteiger partial charge in [0.05, 0.1) is 17.4 Å². The summed E-state index contributed by atoms with van der Waals surface area (Å²) >= 11 is 0. The van der Waals surface area contributed by atoms with Gasteiger partial charge in [0, 0.05) is 23.7 Å². The molecule has 2 aromatic heterocycles. The lowest BCUT2D eigenvalue weighted by Crippen LogP contribution is -2.37. The number of aromatic nitrogens is 3. The molecule has 2 atom stereocenters. The van der Waals surface area contributed by atoms with Crippen LogP contribution in [-0.4, -0.2) is 20.6 Å². The van der Waals surface area contributed by atoms with Crippen LogP contribution in [0.3, 0.4) is 0 Å². The van der Waals surface area contributed by atoms with E-state index in [0.29, 0.717) is 5.92 Å². The minimum Gasteiger partial charge on any atom is -0.328 e. The third-order valence-electron chi connectivity index (χ3n) is 4.88. The summed E-state index contributed by atoms with van der Waals surface area (Å²) in [4.78, 5) is 4.77. The predicted molar refractivity (Wildman–Crippen MR) is 84.0 cm³/mol. The molecule has 5 nitrogen and oxygen atoms in total. The highest BCUT2D eigenvalue weighted by atomic mass is 15.3. The molecular weight excluding hydrogens is 262 g/mol. The first-order valence-corrected chi connectivity index (χ1v) is 7.97. The van der Waals surface area contributed by atoms with Crippen LogP contribution in [-0.2, 0) is 5.54 Å². The standard InChI is InChI=1S/C16H25N5/c1-3-11(4-2)13-9-14(16(18)7-5-12(17)10-16)21-15(20-13)6-8-19-21/h6,8-9,11-12H,3-5,7,10,17-18H2,1-2H3. The highest BCUT2D eigenvalue weighted by Crippen LogP contribution is 2.37. The molecule has 2 aromatic rings. The quantitative estimate of drug-likeness (QED) is 0.904. The second-order valence-electron chi connectivity index (χ2n) is 6.34. The molecule has 0 amide bonds. The van der Waals surface area contributed by atoms with E-state index in [4.69, 9.17) is 16.5 Å². The first-order valence-electron chi connectivity index (χ1n) is 7.97. The van der Waals surface area contributed by atoms with Gasteiger partial charge >= 0.3 is 0 Å². The largest absolute Gasteiger partial charge is 0.328 e. The van der Waals surface area contributed by atoms with Crippen LogP contribution >= 0.6 is 0 Å². The summed E-state index contributed by atoms with van der Waals surface area (Å²) in [6.07, 6.45) is 6.67. The van der Waals surface area contributed by atoms with Crippen LogP contribution in [0.25, 0.3) is 5.65 Å². The molecule has 0 spiro atoms. The highest BCUT2D eigenvalue weighted by molar-refractivity contribution is 5.41. The Morgan fingerprint density at radius 2 is 2.19 bits per heavy atom. The molecule has 0 saturated heterocycles. The van der Waals surface area contributed by atoms with E-state index in [1.54, 1.807) is 6.20 Å². The fourth-order valence-corrected chi connectivity index (χ4v) is 3.55. The topological polar surface area (TPSA) is 82.2 Å². The normalized spacial score (nSPS) is 26.0. The van der Waals surface area contributed by atoms with Crippen molar-refractivity contribution in [2.45, 2.75) is 63.5 Å². The molecule has 1 fully saturated rings. The van der Waals surface area contributed by atoms with E-state index in [1.807, 2.05) is 10.6 Å². The van der Waals surface area contributed by atoms with Crippen molar-refractivity contribution >= 4 is 5.65 Å². The Balaban J connectivity index is 2.14. The van der Waals surface area contributed by atoms with E-state index in [9.17, 15) is 0 Å². The fourth-order valence-electron chi connectivity index (χ4n) is 3.55. The minimum atomic E-state index is -0.382. The first kappa shape index (κ1) is 14.5. The smallest absolute Gasteiger partial charge is 0.155 e. The second kappa shape index (κ2) is 5.39. The van der Waals surface area contributed by atoms with Crippen molar-refractivity contribution in [3.05, 3.63) is 29.7 Å². The maximum absolute atomic E-state index is 6.68. The number of nitrogens with two attached hydrogens (primary N) is 2. The minimum absolute atomic E-state index is 0.186. The Kier molecular flexibility index (Phi) is 3.71. The number of hydrogen-bond acceptors (Lipinski definition) is 4. The molecule has 1 saturated carbocycles. The van der Waals surface area contributed by atoms with Crippen LogP contribution in [0.1, 0.15) is 63.3 Å². The third kappa shape index (κ3) is 2.45. The summed E-state index contributed by atoms with van der Waals surface area (Å²) in [5.41, 5.74) is 15.5. The Bertz CT molecular complexity index is 631. The summed E-state index contributed by atoms with van der Waals surface area (Å²) in [6, 6.07) is 4.30. The fraction of sp³-hybridized carbons (Fsp3) is 0.625. The summed E-state index contributed by atoms with van der Waals surface area (Å²) in [6.45, 7) is 4.42. The maximum atomic E-state index is 6.68. The van der Waals surface area contributed by atoms with E-state index < -0.39 is 0 Å². The van der Waals surface area contributed by atoms with Gasteiger partial charge in [0.15, 0.2) is 5.65 Å².